The Morgan fingerprint density at radius 2 is 2.20 bits per heavy atom. The number of pyridine rings is 1. The number of carbonyl (C=O) groups is 1. The van der Waals surface area contributed by atoms with E-state index in [4.69, 9.17) is 14.6 Å². The summed E-state index contributed by atoms with van der Waals surface area (Å²) in [5.74, 6) is -0.389. The highest BCUT2D eigenvalue weighted by atomic mass is 16.5. The van der Waals surface area contributed by atoms with Crippen LogP contribution in [-0.4, -0.2) is 29.8 Å². The predicted molar refractivity (Wildman–Crippen MR) is 53.4 cm³/mol. The first kappa shape index (κ1) is 11.3. The van der Waals surface area contributed by atoms with Gasteiger partial charge in [-0.15, -0.1) is 0 Å². The topological polar surface area (TPSA) is 68.7 Å². The molecule has 5 nitrogen and oxygen atoms in total. The number of carboxylic acids is 1. The van der Waals surface area contributed by atoms with Crippen molar-refractivity contribution in [2.75, 3.05) is 13.7 Å². The molecule has 0 aromatic carbocycles. The second kappa shape index (κ2) is 4.63. The molecule has 15 heavy (non-hydrogen) atoms. The van der Waals surface area contributed by atoms with E-state index in [2.05, 4.69) is 4.98 Å². The van der Waals surface area contributed by atoms with Gasteiger partial charge in [-0.2, -0.15) is 0 Å². The highest BCUT2D eigenvalue weighted by molar-refractivity contribution is 5.68. The Morgan fingerprint density at radius 3 is 2.73 bits per heavy atom. The summed E-state index contributed by atoms with van der Waals surface area (Å²) >= 11 is 0. The van der Waals surface area contributed by atoms with Crippen molar-refractivity contribution in [2.24, 2.45) is 0 Å². The minimum absolute atomic E-state index is 0.211. The average Bonchev–Trinajstić information content (AvgIpc) is 2.19. The highest BCUT2D eigenvalue weighted by Crippen LogP contribution is 2.26. The van der Waals surface area contributed by atoms with Crippen molar-refractivity contribution in [3.63, 3.8) is 0 Å². The van der Waals surface area contributed by atoms with Crippen LogP contribution in [0.25, 0.3) is 0 Å². The van der Waals surface area contributed by atoms with Crippen molar-refractivity contribution in [1.29, 1.82) is 0 Å². The fourth-order valence-electron chi connectivity index (χ4n) is 1.04. The third-order valence-electron chi connectivity index (χ3n) is 1.95. The Bertz CT molecular complexity index is 376. The molecule has 1 aromatic heterocycles. The maximum atomic E-state index is 10.3. The van der Waals surface area contributed by atoms with Crippen LogP contribution in [-0.2, 0) is 4.79 Å². The molecule has 0 aliphatic rings. The zero-order valence-electron chi connectivity index (χ0n) is 8.90. The van der Waals surface area contributed by atoms with E-state index in [9.17, 15) is 4.79 Å². The van der Waals surface area contributed by atoms with Crippen LogP contribution in [0.3, 0.4) is 0 Å². The molecule has 0 atom stereocenters. The molecule has 0 spiro atoms. The van der Waals surface area contributed by atoms with E-state index in [0.717, 1.165) is 11.3 Å². The van der Waals surface area contributed by atoms with Crippen LogP contribution in [0.15, 0.2) is 6.07 Å². The van der Waals surface area contributed by atoms with Gasteiger partial charge in [-0.1, -0.05) is 0 Å². The van der Waals surface area contributed by atoms with Gasteiger partial charge in [-0.25, -0.2) is 9.78 Å². The van der Waals surface area contributed by atoms with Crippen molar-refractivity contribution in [3.05, 3.63) is 17.3 Å². The maximum Gasteiger partial charge on any atom is 0.341 e. The summed E-state index contributed by atoms with van der Waals surface area (Å²) in [5, 5.41) is 8.47. The largest absolute Gasteiger partial charge is 0.491 e. The number of methoxy groups -OCH3 is 1. The quantitative estimate of drug-likeness (QED) is 0.809. The lowest BCUT2D eigenvalue weighted by Crippen LogP contribution is -2.11. The highest BCUT2D eigenvalue weighted by Gasteiger charge is 2.10. The number of hydrogen-bond acceptors (Lipinski definition) is 4. The molecule has 0 saturated carbocycles. The number of aromatic nitrogens is 1. The van der Waals surface area contributed by atoms with E-state index in [0.29, 0.717) is 5.75 Å². The van der Waals surface area contributed by atoms with Gasteiger partial charge in [0.2, 0.25) is 0 Å². The number of carboxylic acid groups (broad SMARTS) is 1. The number of ether oxygens (including phenoxy) is 2. The molecule has 0 unspecified atom stereocenters. The number of nitrogens with zero attached hydrogens (tertiary/aromatic N) is 1. The van der Waals surface area contributed by atoms with E-state index < -0.39 is 12.6 Å². The van der Waals surface area contributed by atoms with Gasteiger partial charge in [0, 0.05) is 5.69 Å². The molecule has 0 amide bonds. The van der Waals surface area contributed by atoms with Crippen LogP contribution >= 0.6 is 0 Å². The maximum absolute atomic E-state index is 10.3. The van der Waals surface area contributed by atoms with Crippen LogP contribution in [0.5, 0.6) is 11.6 Å². The van der Waals surface area contributed by atoms with Crippen LogP contribution in [0.4, 0.5) is 0 Å². The van der Waals surface area contributed by atoms with E-state index in [1.165, 1.54) is 7.11 Å². The van der Waals surface area contributed by atoms with Crippen molar-refractivity contribution < 1.29 is 19.4 Å². The minimum atomic E-state index is -1.04. The van der Waals surface area contributed by atoms with Gasteiger partial charge in [-0.05, 0) is 25.5 Å². The van der Waals surface area contributed by atoms with Gasteiger partial charge < -0.3 is 14.6 Å². The zero-order chi connectivity index (χ0) is 11.4. The zero-order valence-corrected chi connectivity index (χ0v) is 8.90. The minimum Gasteiger partial charge on any atom is -0.491 e. The van der Waals surface area contributed by atoms with Crippen molar-refractivity contribution in [3.8, 4) is 11.6 Å². The molecular weight excluding hydrogens is 198 g/mol. The summed E-state index contributed by atoms with van der Waals surface area (Å²) in [6, 6.07) is 1.76. The van der Waals surface area contributed by atoms with E-state index >= 15 is 0 Å². The van der Waals surface area contributed by atoms with Gasteiger partial charge in [-0.3, -0.25) is 0 Å². The van der Waals surface area contributed by atoms with Gasteiger partial charge in [0.15, 0.2) is 12.4 Å². The van der Waals surface area contributed by atoms with Crippen molar-refractivity contribution in [1.82, 2.24) is 4.98 Å². The van der Waals surface area contributed by atoms with E-state index in [1.54, 1.807) is 6.07 Å². The van der Waals surface area contributed by atoms with Crippen molar-refractivity contribution >= 4 is 5.97 Å². The van der Waals surface area contributed by atoms with Gasteiger partial charge in [0.25, 0.3) is 5.88 Å². The number of aryl methyl sites for hydroxylation is 2. The summed E-state index contributed by atoms with van der Waals surface area (Å²) in [6.07, 6.45) is 0. The standard InChI is InChI=1S/C10H13NO4/c1-6-4-8(14-3)10(11-7(6)2)15-5-9(12)13/h4H,5H2,1-3H3,(H,12,13). The molecule has 1 rings (SSSR count). The van der Waals surface area contributed by atoms with Crippen molar-refractivity contribution in [2.45, 2.75) is 13.8 Å². The smallest absolute Gasteiger partial charge is 0.341 e. The summed E-state index contributed by atoms with van der Waals surface area (Å²) < 4.78 is 10.0. The molecule has 0 radical (unpaired) electrons. The van der Waals surface area contributed by atoms with Crippen LogP contribution < -0.4 is 9.47 Å². The van der Waals surface area contributed by atoms with Gasteiger partial charge >= 0.3 is 5.97 Å². The lowest BCUT2D eigenvalue weighted by atomic mass is 10.2. The first-order valence-electron chi connectivity index (χ1n) is 4.41. The van der Waals surface area contributed by atoms with Crippen LogP contribution in [0.1, 0.15) is 11.3 Å². The van der Waals surface area contributed by atoms with Gasteiger partial charge in [0.1, 0.15) is 0 Å². The molecule has 0 fully saturated rings. The predicted octanol–water partition coefficient (Wildman–Crippen LogP) is 1.17. The third kappa shape index (κ3) is 2.83. The fraction of sp³-hybridized carbons (Fsp3) is 0.400. The molecule has 1 N–H and O–H groups in total. The molecule has 0 aliphatic heterocycles. The Kier molecular flexibility index (Phi) is 3.49. The molecule has 0 aliphatic carbocycles. The number of rotatable bonds is 4. The van der Waals surface area contributed by atoms with E-state index in [-0.39, 0.29) is 5.88 Å². The Labute approximate surface area is 87.7 Å². The first-order valence-corrected chi connectivity index (χ1v) is 4.41. The normalized spacial score (nSPS) is 9.80. The lowest BCUT2D eigenvalue weighted by molar-refractivity contribution is -0.139. The Morgan fingerprint density at radius 1 is 1.53 bits per heavy atom. The SMILES string of the molecule is COc1cc(C)c(C)nc1OCC(=O)O. The molecule has 1 heterocycles. The second-order valence-corrected chi connectivity index (χ2v) is 3.08. The summed E-state index contributed by atoms with van der Waals surface area (Å²) in [7, 11) is 1.49. The first-order chi connectivity index (χ1) is 7.04. The third-order valence-corrected chi connectivity index (χ3v) is 1.95. The monoisotopic (exact) mass is 211 g/mol. The molecule has 0 saturated heterocycles. The molecule has 0 bridgehead atoms. The molecular formula is C10H13NO4. The molecule has 1 aromatic rings. The Hall–Kier alpha value is -1.78. The fourth-order valence-corrected chi connectivity index (χ4v) is 1.04. The van der Waals surface area contributed by atoms with Crippen LogP contribution in [0, 0.1) is 13.8 Å². The average molecular weight is 211 g/mol. The van der Waals surface area contributed by atoms with Gasteiger partial charge in [0.05, 0.1) is 7.11 Å². The summed E-state index contributed by atoms with van der Waals surface area (Å²) in [4.78, 5) is 14.4. The van der Waals surface area contributed by atoms with Crippen LogP contribution in [0.2, 0.25) is 0 Å². The van der Waals surface area contributed by atoms with E-state index in [1.807, 2.05) is 13.8 Å². The second-order valence-electron chi connectivity index (χ2n) is 3.08. The number of aliphatic carboxylic acids is 1. The lowest BCUT2D eigenvalue weighted by Gasteiger charge is -2.10. The Balaban J connectivity index is 2.94. The summed E-state index contributed by atoms with van der Waals surface area (Å²) in [5.41, 5.74) is 1.76. The summed E-state index contributed by atoms with van der Waals surface area (Å²) in [6.45, 7) is 3.29. The number of hydrogen-bond donors (Lipinski definition) is 1. The molecule has 5 heteroatoms. The molecule has 82 valence electrons.